The summed E-state index contributed by atoms with van der Waals surface area (Å²) in [6.07, 6.45) is 3.10. The highest BCUT2D eigenvalue weighted by molar-refractivity contribution is 8.01. The van der Waals surface area contributed by atoms with Crippen molar-refractivity contribution in [2.24, 2.45) is 0 Å². The van der Waals surface area contributed by atoms with Crippen molar-refractivity contribution in [1.29, 1.82) is 0 Å². The molecule has 0 aliphatic rings. The molecule has 0 bridgehead atoms. The van der Waals surface area contributed by atoms with Crippen molar-refractivity contribution in [2.75, 3.05) is 0 Å². The minimum Gasteiger partial charge on any atom is -0.243 e. The zero-order valence-corrected chi connectivity index (χ0v) is 8.86. The van der Waals surface area contributed by atoms with E-state index in [1.807, 2.05) is 17.5 Å². The number of hydrogen-bond acceptors (Lipinski definition) is 4. The van der Waals surface area contributed by atoms with E-state index >= 15 is 0 Å². The highest BCUT2D eigenvalue weighted by Crippen LogP contribution is 2.33. The topological polar surface area (TPSA) is 25.8 Å². The molecule has 2 aromatic rings. The van der Waals surface area contributed by atoms with Crippen LogP contribution in [0.25, 0.3) is 0 Å². The van der Waals surface area contributed by atoms with Crippen molar-refractivity contribution < 1.29 is 0 Å². The predicted molar refractivity (Wildman–Crippen MR) is 55.5 cm³/mol. The van der Waals surface area contributed by atoms with E-state index in [0.29, 0.717) is 5.02 Å². The van der Waals surface area contributed by atoms with Gasteiger partial charge in [0, 0.05) is 0 Å². The molecule has 0 radical (unpaired) electrons. The summed E-state index contributed by atoms with van der Waals surface area (Å²) in [6, 6.07) is 4.04. The van der Waals surface area contributed by atoms with Crippen molar-refractivity contribution in [1.82, 2.24) is 9.97 Å². The van der Waals surface area contributed by atoms with Gasteiger partial charge in [0.15, 0.2) is 0 Å². The number of hydrogen-bond donors (Lipinski definition) is 0. The van der Waals surface area contributed by atoms with Crippen LogP contribution in [0.2, 0.25) is 5.02 Å². The second-order valence-electron chi connectivity index (χ2n) is 2.21. The van der Waals surface area contributed by atoms with Gasteiger partial charge in [0.1, 0.15) is 11.4 Å². The molecular weight excluding hydrogens is 224 g/mol. The average molecular weight is 229 g/mol. The number of rotatable bonds is 2. The smallest absolute Gasteiger partial charge is 0.124 e. The Kier molecular flexibility index (Phi) is 2.83. The Morgan fingerprint density at radius 3 is 3.08 bits per heavy atom. The molecule has 5 heteroatoms. The summed E-state index contributed by atoms with van der Waals surface area (Å²) in [5, 5.41) is 3.43. The van der Waals surface area contributed by atoms with Gasteiger partial charge in [-0.2, -0.15) is 0 Å². The summed E-state index contributed by atoms with van der Waals surface area (Å²) in [5.41, 5.74) is 0. The summed E-state index contributed by atoms with van der Waals surface area (Å²) in [4.78, 5) is 7.90. The Morgan fingerprint density at radius 2 is 2.38 bits per heavy atom. The van der Waals surface area contributed by atoms with E-state index in [1.54, 1.807) is 29.3 Å². The number of halogens is 1. The van der Waals surface area contributed by atoms with E-state index in [0.717, 1.165) is 5.03 Å². The molecule has 0 unspecified atom stereocenters. The fraction of sp³-hybridized carbons (Fsp3) is 0. The van der Waals surface area contributed by atoms with Gasteiger partial charge in [-0.05, 0) is 11.4 Å². The third-order valence-corrected chi connectivity index (χ3v) is 3.77. The van der Waals surface area contributed by atoms with Gasteiger partial charge in [0.25, 0.3) is 0 Å². The molecule has 0 amide bonds. The van der Waals surface area contributed by atoms with Crippen LogP contribution >= 0.6 is 34.7 Å². The fourth-order valence-electron chi connectivity index (χ4n) is 0.793. The fourth-order valence-corrected chi connectivity index (χ4v) is 2.65. The molecule has 66 valence electrons. The SMILES string of the molecule is Clc1cncnc1Sc1cccs1. The van der Waals surface area contributed by atoms with Crippen LogP contribution in [0.4, 0.5) is 0 Å². The number of thiophene rings is 1. The Labute approximate surface area is 89.0 Å². The van der Waals surface area contributed by atoms with Gasteiger partial charge >= 0.3 is 0 Å². The number of nitrogens with zero attached hydrogens (tertiary/aromatic N) is 2. The van der Waals surface area contributed by atoms with E-state index in [1.165, 1.54) is 10.5 Å². The van der Waals surface area contributed by atoms with Gasteiger partial charge in [-0.15, -0.1) is 11.3 Å². The van der Waals surface area contributed by atoms with Crippen LogP contribution < -0.4 is 0 Å². The molecule has 0 N–H and O–H groups in total. The Hall–Kier alpha value is -0.580. The van der Waals surface area contributed by atoms with E-state index in [9.17, 15) is 0 Å². The highest BCUT2D eigenvalue weighted by atomic mass is 35.5. The highest BCUT2D eigenvalue weighted by Gasteiger charge is 2.03. The van der Waals surface area contributed by atoms with E-state index < -0.39 is 0 Å². The molecule has 2 heterocycles. The molecule has 0 saturated carbocycles. The lowest BCUT2D eigenvalue weighted by Gasteiger charge is -1.97. The first-order chi connectivity index (χ1) is 6.36. The van der Waals surface area contributed by atoms with Crippen LogP contribution in [0, 0.1) is 0 Å². The molecule has 2 aromatic heterocycles. The van der Waals surface area contributed by atoms with Crippen molar-refractivity contribution in [2.45, 2.75) is 9.24 Å². The summed E-state index contributed by atoms with van der Waals surface area (Å²) in [7, 11) is 0. The molecule has 2 nitrogen and oxygen atoms in total. The second kappa shape index (κ2) is 4.09. The maximum Gasteiger partial charge on any atom is 0.124 e. The molecule has 13 heavy (non-hydrogen) atoms. The van der Waals surface area contributed by atoms with Crippen molar-refractivity contribution in [3.8, 4) is 0 Å². The molecule has 0 aliphatic carbocycles. The quantitative estimate of drug-likeness (QED) is 0.738. The average Bonchev–Trinajstić information content (AvgIpc) is 2.61. The van der Waals surface area contributed by atoms with Gasteiger partial charge in [-0.25, -0.2) is 9.97 Å². The van der Waals surface area contributed by atoms with Crippen molar-refractivity contribution >= 4 is 34.7 Å². The zero-order valence-electron chi connectivity index (χ0n) is 6.48. The van der Waals surface area contributed by atoms with Crippen LogP contribution in [0.5, 0.6) is 0 Å². The minimum absolute atomic E-state index is 0.598. The van der Waals surface area contributed by atoms with Crippen molar-refractivity contribution in [3.63, 3.8) is 0 Å². The summed E-state index contributed by atoms with van der Waals surface area (Å²) in [5.74, 6) is 0. The normalized spacial score (nSPS) is 10.2. The molecule has 0 fully saturated rings. The Morgan fingerprint density at radius 1 is 1.46 bits per heavy atom. The van der Waals surface area contributed by atoms with Crippen LogP contribution in [0.15, 0.2) is 39.3 Å². The molecule has 0 spiro atoms. The van der Waals surface area contributed by atoms with Gasteiger partial charge in [-0.3, -0.25) is 0 Å². The predicted octanol–water partition coefficient (Wildman–Crippen LogP) is 3.34. The first kappa shape index (κ1) is 8.99. The van der Waals surface area contributed by atoms with Crippen LogP contribution in [-0.4, -0.2) is 9.97 Å². The van der Waals surface area contributed by atoms with Crippen LogP contribution in [0.1, 0.15) is 0 Å². The molecule has 2 rings (SSSR count). The van der Waals surface area contributed by atoms with Gasteiger partial charge in [0.05, 0.1) is 15.4 Å². The lowest BCUT2D eigenvalue weighted by atomic mass is 10.7. The maximum absolute atomic E-state index is 5.90. The number of aromatic nitrogens is 2. The maximum atomic E-state index is 5.90. The summed E-state index contributed by atoms with van der Waals surface area (Å²) in [6.45, 7) is 0. The largest absolute Gasteiger partial charge is 0.243 e. The molecular formula is C8H5ClN2S2. The van der Waals surface area contributed by atoms with Gasteiger partial charge < -0.3 is 0 Å². The van der Waals surface area contributed by atoms with E-state index in [2.05, 4.69) is 9.97 Å². The molecule has 0 atom stereocenters. The minimum atomic E-state index is 0.598. The lowest BCUT2D eigenvalue weighted by Crippen LogP contribution is -1.81. The first-order valence-corrected chi connectivity index (χ1v) is 5.60. The zero-order chi connectivity index (χ0) is 9.10. The summed E-state index contributed by atoms with van der Waals surface area (Å²) >= 11 is 9.13. The first-order valence-electron chi connectivity index (χ1n) is 3.53. The molecule has 0 saturated heterocycles. The van der Waals surface area contributed by atoms with Gasteiger partial charge in [0.2, 0.25) is 0 Å². The molecule has 0 aliphatic heterocycles. The van der Waals surface area contributed by atoms with E-state index in [4.69, 9.17) is 11.6 Å². The standard InChI is InChI=1S/C8H5ClN2S2/c9-6-4-10-5-11-8(6)13-7-2-1-3-12-7/h1-5H. The Bertz CT molecular complexity index is 389. The second-order valence-corrected chi connectivity index (χ2v) is 4.85. The summed E-state index contributed by atoms with van der Waals surface area (Å²) < 4.78 is 1.18. The van der Waals surface area contributed by atoms with E-state index in [-0.39, 0.29) is 0 Å². The Balaban J connectivity index is 2.24. The van der Waals surface area contributed by atoms with Crippen LogP contribution in [0.3, 0.4) is 0 Å². The van der Waals surface area contributed by atoms with Gasteiger partial charge in [-0.1, -0.05) is 29.4 Å². The lowest BCUT2D eigenvalue weighted by molar-refractivity contribution is 1.05. The monoisotopic (exact) mass is 228 g/mol. The van der Waals surface area contributed by atoms with Crippen molar-refractivity contribution in [3.05, 3.63) is 35.1 Å². The third kappa shape index (κ3) is 2.21. The van der Waals surface area contributed by atoms with Crippen LogP contribution in [-0.2, 0) is 0 Å². The molecule has 0 aromatic carbocycles. The third-order valence-electron chi connectivity index (χ3n) is 1.33.